The number of benzene rings is 3. The van der Waals surface area contributed by atoms with Crippen LogP contribution in [0.5, 0.6) is 0 Å². The fourth-order valence-corrected chi connectivity index (χ4v) is 8.46. The Kier molecular flexibility index (Phi) is 5.52. The molecule has 0 amide bonds. The number of allylic oxidation sites excluding steroid dienone is 2. The number of rotatable bonds is 4. The third-order valence-corrected chi connectivity index (χ3v) is 10.4. The number of fused-ring (bicyclic) bond motifs is 4. The van der Waals surface area contributed by atoms with Crippen molar-refractivity contribution in [3.05, 3.63) is 104 Å². The first-order chi connectivity index (χ1) is 19.4. The molecule has 0 radical (unpaired) electrons. The maximum Gasteiger partial charge on any atom is 0.380 e. The van der Waals surface area contributed by atoms with Crippen LogP contribution in [-0.2, 0) is 12.8 Å². The zero-order valence-electron chi connectivity index (χ0n) is 21.7. The van der Waals surface area contributed by atoms with Gasteiger partial charge in [-0.1, -0.05) is 48.5 Å². The predicted molar refractivity (Wildman–Crippen MR) is 152 cm³/mol. The smallest absolute Gasteiger partial charge is 0.289 e. The van der Waals surface area contributed by atoms with E-state index in [0.29, 0.717) is 44.5 Å². The molecule has 0 N–H and O–H groups in total. The highest BCUT2D eigenvalue weighted by atomic mass is 32.1. The van der Waals surface area contributed by atoms with Gasteiger partial charge in [0, 0.05) is 63.3 Å². The van der Waals surface area contributed by atoms with Crippen LogP contribution in [-0.4, -0.2) is 23.6 Å². The highest BCUT2D eigenvalue weighted by molar-refractivity contribution is 7.19. The van der Waals surface area contributed by atoms with Gasteiger partial charge in [-0.3, -0.25) is 4.79 Å². The first kappa shape index (κ1) is 26.5. The van der Waals surface area contributed by atoms with Gasteiger partial charge < -0.3 is 0 Å². The molecule has 208 valence electrons. The maximum atomic E-state index is 15.9. The highest BCUT2D eigenvalue weighted by Gasteiger charge is 2.80. The van der Waals surface area contributed by atoms with Gasteiger partial charge in [-0.05, 0) is 49.9 Å². The average Bonchev–Trinajstić information content (AvgIpc) is 3.43. The Morgan fingerprint density at radius 3 is 1.93 bits per heavy atom. The van der Waals surface area contributed by atoms with E-state index >= 15 is 26.3 Å². The van der Waals surface area contributed by atoms with Crippen LogP contribution in [0.1, 0.15) is 47.9 Å². The summed E-state index contributed by atoms with van der Waals surface area (Å²) < 4.78 is 94.7. The van der Waals surface area contributed by atoms with E-state index in [1.54, 1.807) is 54.6 Å². The lowest BCUT2D eigenvalue weighted by atomic mass is 9.78. The van der Waals surface area contributed by atoms with Gasteiger partial charge >= 0.3 is 17.8 Å². The number of ketones is 1. The van der Waals surface area contributed by atoms with Crippen molar-refractivity contribution in [2.45, 2.75) is 44.5 Å². The molecule has 0 saturated heterocycles. The standard InChI is InChI=1S/C32H20F6OS2/c1-15-24(20-10-6-7-11-22(20)40-15)27-28(31(35,36)32(37,38)30(27,33)34)25-16(2)41-23-14-21(18-12-13-19(18)26(23)25)29(39)17-8-4-3-5-9-17/h3-11,14H,12-13H2,1-2H3. The first-order valence-corrected chi connectivity index (χ1v) is 14.6. The number of halogens is 6. The van der Waals surface area contributed by atoms with E-state index in [-0.39, 0.29) is 37.4 Å². The van der Waals surface area contributed by atoms with Crippen molar-refractivity contribution >= 4 is 59.8 Å². The van der Waals surface area contributed by atoms with Crippen molar-refractivity contribution in [2.75, 3.05) is 0 Å². The molecule has 2 aliphatic rings. The van der Waals surface area contributed by atoms with Crippen molar-refractivity contribution in [3.8, 4) is 0 Å². The normalized spacial score (nSPS) is 18.6. The monoisotopic (exact) mass is 598 g/mol. The van der Waals surface area contributed by atoms with E-state index < -0.39 is 28.9 Å². The molecule has 0 spiro atoms. The molecule has 2 heterocycles. The fourth-order valence-electron chi connectivity index (χ4n) is 6.25. The lowest BCUT2D eigenvalue weighted by Gasteiger charge is -2.27. The molecule has 0 saturated carbocycles. The number of aryl methyl sites for hydroxylation is 3. The third-order valence-electron chi connectivity index (χ3n) is 8.22. The Morgan fingerprint density at radius 2 is 1.27 bits per heavy atom. The van der Waals surface area contributed by atoms with Gasteiger partial charge in [0.05, 0.1) is 0 Å². The minimum atomic E-state index is -5.64. The summed E-state index contributed by atoms with van der Waals surface area (Å²) in [5.74, 6) is -16.1. The molecule has 2 aliphatic carbocycles. The largest absolute Gasteiger partial charge is 0.380 e. The maximum absolute atomic E-state index is 15.9. The fraction of sp³-hybridized carbons (Fsp3) is 0.219. The van der Waals surface area contributed by atoms with Crippen LogP contribution in [0.4, 0.5) is 26.3 Å². The van der Waals surface area contributed by atoms with Gasteiger partial charge in [-0.25, -0.2) is 0 Å². The summed E-state index contributed by atoms with van der Waals surface area (Å²) in [7, 11) is 0. The Labute approximate surface area is 238 Å². The van der Waals surface area contributed by atoms with Crippen LogP contribution >= 0.6 is 22.7 Å². The third kappa shape index (κ3) is 3.33. The molecule has 0 fully saturated rings. The van der Waals surface area contributed by atoms with Crippen molar-refractivity contribution in [1.29, 1.82) is 0 Å². The Morgan fingerprint density at radius 1 is 0.707 bits per heavy atom. The molecule has 7 rings (SSSR count). The van der Waals surface area contributed by atoms with Crippen LogP contribution in [0, 0.1) is 13.8 Å². The topological polar surface area (TPSA) is 17.1 Å². The van der Waals surface area contributed by atoms with Gasteiger partial charge in [0.1, 0.15) is 0 Å². The molecule has 0 atom stereocenters. The molecule has 5 aromatic rings. The summed E-state index contributed by atoms with van der Waals surface area (Å²) in [6.45, 7) is 2.97. The van der Waals surface area contributed by atoms with Crippen molar-refractivity contribution in [1.82, 2.24) is 0 Å². The summed E-state index contributed by atoms with van der Waals surface area (Å²) in [4.78, 5) is 13.8. The van der Waals surface area contributed by atoms with E-state index in [9.17, 15) is 4.79 Å². The van der Waals surface area contributed by atoms with Gasteiger partial charge in [0.2, 0.25) is 0 Å². The van der Waals surface area contributed by atoms with E-state index in [4.69, 9.17) is 0 Å². The summed E-state index contributed by atoms with van der Waals surface area (Å²) in [6.07, 6.45) is 0.919. The molecule has 0 bridgehead atoms. The lowest BCUT2D eigenvalue weighted by molar-refractivity contribution is -0.254. The number of alkyl halides is 6. The van der Waals surface area contributed by atoms with E-state index in [0.717, 1.165) is 22.7 Å². The number of thiophene rings is 2. The number of carbonyl (C=O) groups excluding carboxylic acids is 1. The van der Waals surface area contributed by atoms with Crippen LogP contribution in [0.25, 0.3) is 31.3 Å². The van der Waals surface area contributed by atoms with Crippen LogP contribution in [0.2, 0.25) is 0 Å². The van der Waals surface area contributed by atoms with E-state index in [1.165, 1.54) is 19.9 Å². The molecule has 41 heavy (non-hydrogen) atoms. The van der Waals surface area contributed by atoms with Gasteiger partial charge in [-0.2, -0.15) is 26.3 Å². The predicted octanol–water partition coefficient (Wildman–Crippen LogP) is 9.89. The second-order valence-electron chi connectivity index (χ2n) is 10.5. The molecule has 0 unspecified atom stereocenters. The van der Waals surface area contributed by atoms with E-state index in [2.05, 4.69) is 0 Å². The second-order valence-corrected chi connectivity index (χ2v) is 13.0. The van der Waals surface area contributed by atoms with Gasteiger partial charge in [-0.15, -0.1) is 22.7 Å². The Balaban J connectivity index is 1.57. The van der Waals surface area contributed by atoms with Crippen LogP contribution in [0.3, 0.4) is 0 Å². The zero-order chi connectivity index (χ0) is 29.1. The van der Waals surface area contributed by atoms with Gasteiger partial charge in [0.15, 0.2) is 5.78 Å². The number of hydrogen-bond donors (Lipinski definition) is 0. The molecule has 3 aromatic carbocycles. The van der Waals surface area contributed by atoms with Crippen LogP contribution in [0.15, 0.2) is 60.7 Å². The van der Waals surface area contributed by atoms with Crippen molar-refractivity contribution < 1.29 is 31.1 Å². The summed E-state index contributed by atoms with van der Waals surface area (Å²) in [5, 5.41) is 0.493. The Bertz CT molecular complexity index is 1960. The molecule has 0 aliphatic heterocycles. The summed E-state index contributed by atoms with van der Waals surface area (Å²) >= 11 is 2.15. The minimum absolute atomic E-state index is 0.219. The lowest BCUT2D eigenvalue weighted by Crippen LogP contribution is -2.49. The molecule has 9 heteroatoms. The molecule has 1 nitrogen and oxygen atoms in total. The SMILES string of the molecule is Cc1sc2ccccc2c1C1=C(c2c(C)sc3cc(C(=O)c4ccccc4)c4c(c23)CC4)C(F)(F)C(F)(F)C1(F)F. The van der Waals surface area contributed by atoms with Crippen molar-refractivity contribution in [2.24, 2.45) is 0 Å². The van der Waals surface area contributed by atoms with Crippen molar-refractivity contribution in [3.63, 3.8) is 0 Å². The quantitative estimate of drug-likeness (QED) is 0.149. The number of carbonyl (C=O) groups is 1. The zero-order valence-corrected chi connectivity index (χ0v) is 23.3. The van der Waals surface area contributed by atoms with E-state index in [1.807, 2.05) is 0 Å². The summed E-state index contributed by atoms with van der Waals surface area (Å²) in [5.41, 5.74) is -1.08. The second kappa shape index (κ2) is 8.55. The molecular weight excluding hydrogens is 578 g/mol. The molecular formula is C32H20F6OS2. The molecule has 2 aromatic heterocycles. The van der Waals surface area contributed by atoms with Crippen LogP contribution < -0.4 is 0 Å². The average molecular weight is 599 g/mol. The highest BCUT2D eigenvalue weighted by Crippen LogP contribution is 2.67. The Hall–Kier alpha value is -3.43. The first-order valence-electron chi connectivity index (χ1n) is 12.9. The minimum Gasteiger partial charge on any atom is -0.289 e. The number of hydrogen-bond acceptors (Lipinski definition) is 3. The summed E-state index contributed by atoms with van der Waals surface area (Å²) in [6, 6.07) is 16.6. The van der Waals surface area contributed by atoms with Gasteiger partial charge in [0.25, 0.3) is 0 Å².